The second-order valence-electron chi connectivity index (χ2n) is 5.59. The number of oxazole rings is 1. The molecule has 4 aromatic rings. The quantitative estimate of drug-likeness (QED) is 0.477. The summed E-state index contributed by atoms with van der Waals surface area (Å²) in [7, 11) is 0. The van der Waals surface area contributed by atoms with E-state index in [9.17, 15) is 4.79 Å². The molecule has 0 amide bonds. The molecule has 2 aromatic heterocycles. The number of halogens is 3. The average molecular weight is 407 g/mol. The summed E-state index contributed by atoms with van der Waals surface area (Å²) in [6.45, 7) is 0.131. The summed E-state index contributed by atoms with van der Waals surface area (Å²) < 4.78 is 7.13. The van der Waals surface area contributed by atoms with Crippen LogP contribution in [-0.2, 0) is 6.54 Å². The number of hydrogen-bond donors (Lipinski definition) is 0. The molecule has 0 aliphatic carbocycles. The maximum atomic E-state index is 12.7. The topological polar surface area (TPSA) is 60.9 Å². The van der Waals surface area contributed by atoms with Gasteiger partial charge in [-0.15, -0.1) is 0 Å². The highest BCUT2D eigenvalue weighted by Gasteiger charge is 2.12. The van der Waals surface area contributed by atoms with Crippen molar-refractivity contribution in [3.8, 4) is 11.3 Å². The lowest BCUT2D eigenvalue weighted by Gasteiger charge is -2.06. The van der Waals surface area contributed by atoms with Gasteiger partial charge in [-0.25, -0.2) is 9.97 Å². The number of nitrogens with zero attached hydrogens (tertiary/aromatic N) is 3. The van der Waals surface area contributed by atoms with Crippen molar-refractivity contribution in [2.75, 3.05) is 0 Å². The summed E-state index contributed by atoms with van der Waals surface area (Å²) in [5.41, 5.74) is 0.935. The predicted molar refractivity (Wildman–Crippen MR) is 102 cm³/mol. The van der Waals surface area contributed by atoms with Crippen LogP contribution in [0, 0.1) is 0 Å². The average Bonchev–Trinajstić information content (AvgIpc) is 3.06. The van der Waals surface area contributed by atoms with E-state index in [4.69, 9.17) is 39.2 Å². The molecule has 0 aliphatic rings. The summed E-state index contributed by atoms with van der Waals surface area (Å²) in [6.07, 6.45) is 3.00. The van der Waals surface area contributed by atoms with Crippen molar-refractivity contribution < 1.29 is 4.42 Å². The summed E-state index contributed by atoms with van der Waals surface area (Å²) >= 11 is 18.1. The zero-order chi connectivity index (χ0) is 18.3. The molecular formula is C18H10Cl3N3O2. The van der Waals surface area contributed by atoms with Crippen LogP contribution in [0.5, 0.6) is 0 Å². The van der Waals surface area contributed by atoms with Gasteiger partial charge in [0, 0.05) is 15.6 Å². The van der Waals surface area contributed by atoms with Crippen LogP contribution in [0.3, 0.4) is 0 Å². The molecule has 5 nitrogen and oxygen atoms in total. The van der Waals surface area contributed by atoms with Crippen LogP contribution in [0.4, 0.5) is 0 Å². The molecule has 2 heterocycles. The zero-order valence-electron chi connectivity index (χ0n) is 13.1. The minimum absolute atomic E-state index is 0.131. The highest BCUT2D eigenvalue weighted by atomic mass is 35.5. The van der Waals surface area contributed by atoms with Crippen LogP contribution in [0.2, 0.25) is 15.1 Å². The van der Waals surface area contributed by atoms with E-state index in [0.717, 1.165) is 5.56 Å². The van der Waals surface area contributed by atoms with Gasteiger partial charge in [-0.3, -0.25) is 9.36 Å². The SMILES string of the molecule is O=c1c2cc(Cl)cc(Cl)c2ncn1Cc1ncc(-c2cccc(Cl)c2)o1. The number of fused-ring (bicyclic) bond motifs is 1. The van der Waals surface area contributed by atoms with Gasteiger partial charge < -0.3 is 4.42 Å². The molecule has 2 aromatic carbocycles. The predicted octanol–water partition coefficient (Wildman–Crippen LogP) is 5.06. The monoisotopic (exact) mass is 405 g/mol. The van der Waals surface area contributed by atoms with Gasteiger partial charge in [-0.05, 0) is 24.3 Å². The van der Waals surface area contributed by atoms with Crippen LogP contribution in [0.1, 0.15) is 5.89 Å². The molecule has 26 heavy (non-hydrogen) atoms. The number of hydrogen-bond acceptors (Lipinski definition) is 4. The molecule has 0 aliphatic heterocycles. The Kier molecular flexibility index (Phi) is 4.44. The van der Waals surface area contributed by atoms with Gasteiger partial charge in [-0.1, -0.05) is 46.9 Å². The lowest BCUT2D eigenvalue weighted by atomic mass is 10.2. The van der Waals surface area contributed by atoms with Gasteiger partial charge in [0.05, 0.1) is 28.4 Å². The molecule has 0 saturated heterocycles. The fourth-order valence-electron chi connectivity index (χ4n) is 2.61. The van der Waals surface area contributed by atoms with Gasteiger partial charge >= 0.3 is 0 Å². The first-order chi connectivity index (χ1) is 12.5. The lowest BCUT2D eigenvalue weighted by Crippen LogP contribution is -2.21. The Bertz CT molecular complexity index is 1180. The molecule has 8 heteroatoms. The van der Waals surface area contributed by atoms with E-state index >= 15 is 0 Å². The van der Waals surface area contributed by atoms with E-state index in [1.54, 1.807) is 30.5 Å². The second kappa shape index (κ2) is 6.76. The molecule has 0 unspecified atom stereocenters. The third-order valence-electron chi connectivity index (χ3n) is 3.81. The third-order valence-corrected chi connectivity index (χ3v) is 4.56. The molecule has 0 bridgehead atoms. The molecule has 0 N–H and O–H groups in total. The molecule has 0 saturated carbocycles. The molecule has 130 valence electrons. The molecule has 0 radical (unpaired) electrons. The van der Waals surface area contributed by atoms with Crippen LogP contribution in [-0.4, -0.2) is 14.5 Å². The molecule has 0 fully saturated rings. The van der Waals surface area contributed by atoms with Gasteiger partial charge in [0.1, 0.15) is 6.54 Å². The van der Waals surface area contributed by atoms with E-state index in [-0.39, 0.29) is 12.1 Å². The first-order valence-corrected chi connectivity index (χ1v) is 8.69. The Hall–Kier alpha value is -2.34. The molecule has 0 atom stereocenters. The minimum atomic E-state index is -0.276. The maximum Gasteiger partial charge on any atom is 0.261 e. The first-order valence-electron chi connectivity index (χ1n) is 7.56. The number of benzene rings is 2. The summed E-state index contributed by atoms with van der Waals surface area (Å²) in [4.78, 5) is 21.1. The Morgan fingerprint density at radius 1 is 1.04 bits per heavy atom. The highest BCUT2D eigenvalue weighted by Crippen LogP contribution is 2.25. The fraction of sp³-hybridized carbons (Fsp3) is 0.0556. The number of aromatic nitrogens is 3. The van der Waals surface area contributed by atoms with Crippen LogP contribution < -0.4 is 5.56 Å². The highest BCUT2D eigenvalue weighted by molar-refractivity contribution is 6.38. The van der Waals surface area contributed by atoms with Crippen molar-refractivity contribution in [1.82, 2.24) is 14.5 Å². The second-order valence-corrected chi connectivity index (χ2v) is 6.87. The van der Waals surface area contributed by atoms with Gasteiger partial charge in [-0.2, -0.15) is 0 Å². The van der Waals surface area contributed by atoms with Crippen molar-refractivity contribution in [3.05, 3.63) is 80.2 Å². The Labute approximate surface area is 162 Å². The van der Waals surface area contributed by atoms with E-state index in [0.29, 0.717) is 37.6 Å². The Balaban J connectivity index is 1.70. The van der Waals surface area contributed by atoms with E-state index in [1.165, 1.54) is 10.9 Å². The van der Waals surface area contributed by atoms with Gasteiger partial charge in [0.15, 0.2) is 5.76 Å². The van der Waals surface area contributed by atoms with Crippen molar-refractivity contribution >= 4 is 45.7 Å². The Morgan fingerprint density at radius 3 is 2.69 bits per heavy atom. The third kappa shape index (κ3) is 3.21. The normalized spacial score (nSPS) is 11.2. The van der Waals surface area contributed by atoms with E-state index in [2.05, 4.69) is 9.97 Å². The van der Waals surface area contributed by atoms with Crippen molar-refractivity contribution in [1.29, 1.82) is 0 Å². The summed E-state index contributed by atoms with van der Waals surface area (Å²) in [5.74, 6) is 0.937. The molecular weight excluding hydrogens is 397 g/mol. The van der Waals surface area contributed by atoms with E-state index < -0.39 is 0 Å². The molecule has 0 spiro atoms. The minimum Gasteiger partial charge on any atom is -0.439 e. The largest absolute Gasteiger partial charge is 0.439 e. The van der Waals surface area contributed by atoms with Crippen LogP contribution in [0.25, 0.3) is 22.2 Å². The first kappa shape index (κ1) is 17.1. The summed E-state index contributed by atoms with van der Waals surface area (Å²) in [6, 6.07) is 10.3. The van der Waals surface area contributed by atoms with Crippen LogP contribution in [0.15, 0.2) is 58.1 Å². The number of rotatable bonds is 3. The van der Waals surface area contributed by atoms with Crippen LogP contribution >= 0.6 is 34.8 Å². The smallest absolute Gasteiger partial charge is 0.261 e. The molecule has 4 rings (SSSR count). The summed E-state index contributed by atoms with van der Waals surface area (Å²) in [5, 5.41) is 1.64. The van der Waals surface area contributed by atoms with Crippen molar-refractivity contribution in [2.24, 2.45) is 0 Å². The Morgan fingerprint density at radius 2 is 1.88 bits per heavy atom. The fourth-order valence-corrected chi connectivity index (χ4v) is 3.34. The van der Waals surface area contributed by atoms with E-state index in [1.807, 2.05) is 12.1 Å². The standard InChI is InChI=1S/C18H10Cl3N3O2/c19-11-3-1-2-10(4-11)15-7-22-16(26-15)8-24-9-23-17-13(18(24)25)5-12(20)6-14(17)21/h1-7,9H,8H2. The lowest BCUT2D eigenvalue weighted by molar-refractivity contribution is 0.484. The maximum absolute atomic E-state index is 12.7. The van der Waals surface area contributed by atoms with Gasteiger partial charge in [0.25, 0.3) is 5.56 Å². The van der Waals surface area contributed by atoms with Crippen molar-refractivity contribution in [2.45, 2.75) is 6.54 Å². The van der Waals surface area contributed by atoms with Crippen molar-refractivity contribution in [3.63, 3.8) is 0 Å². The van der Waals surface area contributed by atoms with Gasteiger partial charge in [0.2, 0.25) is 5.89 Å². The zero-order valence-corrected chi connectivity index (χ0v) is 15.4.